The van der Waals surface area contributed by atoms with Gasteiger partial charge in [-0.2, -0.15) is 4.98 Å². The van der Waals surface area contributed by atoms with Gasteiger partial charge in [0.25, 0.3) is 0 Å². The lowest BCUT2D eigenvalue weighted by molar-refractivity contribution is -0.0864. The molecule has 5 nitrogen and oxygen atoms in total. The largest absolute Gasteiger partial charge is 0.375 e. The minimum Gasteiger partial charge on any atom is -0.375 e. The predicted octanol–water partition coefficient (Wildman–Crippen LogP) is 2.98. The van der Waals surface area contributed by atoms with Crippen LogP contribution in [0.2, 0.25) is 0 Å². The Kier molecular flexibility index (Phi) is 4.81. The van der Waals surface area contributed by atoms with Crippen molar-refractivity contribution in [2.75, 3.05) is 24.3 Å². The minimum atomic E-state index is 0.0316. The van der Waals surface area contributed by atoms with Crippen LogP contribution in [0.1, 0.15) is 45.2 Å². The minimum absolute atomic E-state index is 0.0316. The molecule has 1 aromatic heterocycles. The quantitative estimate of drug-likeness (QED) is 0.867. The molecule has 1 atom stereocenters. The van der Waals surface area contributed by atoms with Gasteiger partial charge in [-0.15, -0.1) is 0 Å². The molecule has 112 valence electrons. The van der Waals surface area contributed by atoms with E-state index >= 15 is 0 Å². The van der Waals surface area contributed by atoms with Gasteiger partial charge in [-0.3, -0.25) is 0 Å². The monoisotopic (exact) mass is 278 g/mol. The summed E-state index contributed by atoms with van der Waals surface area (Å²) >= 11 is 0. The molecule has 0 bridgehead atoms. The van der Waals surface area contributed by atoms with Crippen molar-refractivity contribution in [2.45, 2.75) is 58.1 Å². The van der Waals surface area contributed by atoms with Crippen LogP contribution >= 0.6 is 0 Å². The molecule has 1 aromatic rings. The summed E-state index contributed by atoms with van der Waals surface area (Å²) in [7, 11) is 1.84. The zero-order chi connectivity index (χ0) is 14.6. The first-order valence-electron chi connectivity index (χ1n) is 7.54. The van der Waals surface area contributed by atoms with Gasteiger partial charge in [-0.05, 0) is 32.6 Å². The third kappa shape index (κ3) is 3.39. The number of nitrogens with one attached hydrogen (secondary N) is 2. The SMILES string of the molecule is CCC1(CC)CC(Nc2cc(C)nc(NC)n2)CCO1. The summed E-state index contributed by atoms with van der Waals surface area (Å²) in [6.45, 7) is 7.22. The average molecular weight is 278 g/mol. The molecule has 1 aliphatic heterocycles. The second kappa shape index (κ2) is 6.39. The summed E-state index contributed by atoms with van der Waals surface area (Å²) in [5, 5.41) is 6.55. The fraction of sp³-hybridized carbons (Fsp3) is 0.733. The van der Waals surface area contributed by atoms with Crippen LogP contribution in [-0.2, 0) is 4.74 Å². The van der Waals surface area contributed by atoms with E-state index in [9.17, 15) is 0 Å². The first-order valence-corrected chi connectivity index (χ1v) is 7.54. The van der Waals surface area contributed by atoms with Crippen molar-refractivity contribution in [3.8, 4) is 0 Å². The smallest absolute Gasteiger partial charge is 0.224 e. The average Bonchev–Trinajstić information content (AvgIpc) is 2.46. The number of nitrogens with zero attached hydrogens (tertiary/aromatic N) is 2. The van der Waals surface area contributed by atoms with Crippen LogP contribution in [0.5, 0.6) is 0 Å². The van der Waals surface area contributed by atoms with Crippen LogP contribution in [0.15, 0.2) is 6.07 Å². The number of hydrogen-bond acceptors (Lipinski definition) is 5. The van der Waals surface area contributed by atoms with Gasteiger partial charge in [0.15, 0.2) is 0 Å². The molecule has 0 spiro atoms. The van der Waals surface area contributed by atoms with E-state index in [0.29, 0.717) is 12.0 Å². The van der Waals surface area contributed by atoms with E-state index in [0.717, 1.165) is 43.8 Å². The van der Waals surface area contributed by atoms with Gasteiger partial charge in [0.1, 0.15) is 5.82 Å². The van der Waals surface area contributed by atoms with Crippen LogP contribution in [0, 0.1) is 6.92 Å². The number of ether oxygens (including phenoxy) is 1. The fourth-order valence-corrected chi connectivity index (χ4v) is 2.86. The lowest BCUT2D eigenvalue weighted by atomic mass is 9.86. The van der Waals surface area contributed by atoms with E-state index in [-0.39, 0.29) is 5.60 Å². The maximum Gasteiger partial charge on any atom is 0.224 e. The Bertz CT molecular complexity index is 445. The molecule has 0 aromatic carbocycles. The van der Waals surface area contributed by atoms with E-state index in [1.165, 1.54) is 0 Å². The van der Waals surface area contributed by atoms with Crippen LogP contribution in [0.25, 0.3) is 0 Å². The highest BCUT2D eigenvalue weighted by Crippen LogP contribution is 2.32. The molecular formula is C15H26N4O. The Hall–Kier alpha value is -1.36. The van der Waals surface area contributed by atoms with Crippen molar-refractivity contribution >= 4 is 11.8 Å². The van der Waals surface area contributed by atoms with Crippen molar-refractivity contribution in [2.24, 2.45) is 0 Å². The molecule has 20 heavy (non-hydrogen) atoms. The standard InChI is InChI=1S/C15H26N4O/c1-5-15(6-2)10-12(7-8-20-15)18-13-9-11(3)17-14(16-4)19-13/h9,12H,5-8,10H2,1-4H3,(H2,16,17,18,19). The fourth-order valence-electron chi connectivity index (χ4n) is 2.86. The van der Waals surface area contributed by atoms with E-state index < -0.39 is 0 Å². The first-order chi connectivity index (χ1) is 9.60. The highest BCUT2D eigenvalue weighted by molar-refractivity contribution is 5.42. The highest BCUT2D eigenvalue weighted by Gasteiger charge is 2.34. The van der Waals surface area contributed by atoms with E-state index in [1.54, 1.807) is 0 Å². The molecule has 1 unspecified atom stereocenters. The molecule has 0 amide bonds. The molecule has 0 aliphatic carbocycles. The third-order valence-electron chi connectivity index (χ3n) is 4.21. The molecule has 1 aliphatic rings. The molecule has 1 fully saturated rings. The van der Waals surface area contributed by atoms with E-state index in [4.69, 9.17) is 4.74 Å². The Morgan fingerprint density at radius 2 is 2.10 bits per heavy atom. The molecular weight excluding hydrogens is 252 g/mol. The first kappa shape index (κ1) is 15.0. The maximum atomic E-state index is 6.02. The van der Waals surface area contributed by atoms with Gasteiger partial charge < -0.3 is 15.4 Å². The lowest BCUT2D eigenvalue weighted by Crippen LogP contribution is -2.43. The van der Waals surface area contributed by atoms with E-state index in [1.807, 2.05) is 20.0 Å². The van der Waals surface area contributed by atoms with Gasteiger partial charge in [-0.1, -0.05) is 13.8 Å². The summed E-state index contributed by atoms with van der Waals surface area (Å²) < 4.78 is 6.02. The Morgan fingerprint density at radius 1 is 1.35 bits per heavy atom. The second-order valence-corrected chi connectivity index (χ2v) is 5.54. The van der Waals surface area contributed by atoms with Crippen LogP contribution in [0.4, 0.5) is 11.8 Å². The number of anilines is 2. The van der Waals surface area contributed by atoms with Gasteiger partial charge in [0.2, 0.25) is 5.95 Å². The molecule has 2 N–H and O–H groups in total. The van der Waals surface area contributed by atoms with Gasteiger partial charge in [0, 0.05) is 31.5 Å². The molecule has 1 saturated heterocycles. The summed E-state index contributed by atoms with van der Waals surface area (Å²) in [5.74, 6) is 1.56. The maximum absolute atomic E-state index is 6.02. The Balaban J connectivity index is 2.08. The van der Waals surface area contributed by atoms with Gasteiger partial charge in [-0.25, -0.2) is 4.98 Å². The lowest BCUT2D eigenvalue weighted by Gasteiger charge is -2.40. The van der Waals surface area contributed by atoms with Crippen molar-refractivity contribution < 1.29 is 4.74 Å². The Labute approximate surface area is 121 Å². The van der Waals surface area contributed by atoms with Gasteiger partial charge >= 0.3 is 0 Å². The number of aryl methyl sites for hydroxylation is 1. The van der Waals surface area contributed by atoms with Crippen molar-refractivity contribution in [3.05, 3.63) is 11.8 Å². The van der Waals surface area contributed by atoms with Crippen molar-refractivity contribution in [1.29, 1.82) is 0 Å². The summed E-state index contributed by atoms with van der Waals surface area (Å²) in [4.78, 5) is 8.79. The third-order valence-corrected chi connectivity index (χ3v) is 4.21. The van der Waals surface area contributed by atoms with Crippen molar-refractivity contribution in [1.82, 2.24) is 9.97 Å². The van der Waals surface area contributed by atoms with E-state index in [2.05, 4.69) is 34.4 Å². The topological polar surface area (TPSA) is 59.1 Å². The second-order valence-electron chi connectivity index (χ2n) is 5.54. The summed E-state index contributed by atoms with van der Waals surface area (Å²) in [5.41, 5.74) is 1.00. The molecule has 5 heteroatoms. The predicted molar refractivity (Wildman–Crippen MR) is 82.2 cm³/mol. The van der Waals surface area contributed by atoms with Crippen LogP contribution in [0.3, 0.4) is 0 Å². The van der Waals surface area contributed by atoms with Gasteiger partial charge in [0.05, 0.1) is 5.60 Å². The van der Waals surface area contributed by atoms with Crippen LogP contribution < -0.4 is 10.6 Å². The zero-order valence-corrected chi connectivity index (χ0v) is 13.0. The van der Waals surface area contributed by atoms with Crippen LogP contribution in [-0.4, -0.2) is 35.3 Å². The van der Waals surface area contributed by atoms with Crippen molar-refractivity contribution in [3.63, 3.8) is 0 Å². The number of aromatic nitrogens is 2. The number of rotatable bonds is 5. The summed E-state index contributed by atoms with van der Waals surface area (Å²) in [6, 6.07) is 2.42. The zero-order valence-electron chi connectivity index (χ0n) is 13.0. The normalized spacial score (nSPS) is 21.5. The molecule has 2 heterocycles. The molecule has 0 radical (unpaired) electrons. The molecule has 2 rings (SSSR count). The molecule has 0 saturated carbocycles. The highest BCUT2D eigenvalue weighted by atomic mass is 16.5. The number of hydrogen-bond donors (Lipinski definition) is 2. The summed E-state index contributed by atoms with van der Waals surface area (Å²) in [6.07, 6.45) is 4.19. The Morgan fingerprint density at radius 3 is 2.75 bits per heavy atom.